The van der Waals surface area contributed by atoms with Gasteiger partial charge in [0.15, 0.2) is 0 Å². The fraction of sp³-hybridized carbons (Fsp3) is 0.780. The summed E-state index contributed by atoms with van der Waals surface area (Å²) in [4.78, 5) is 22.6. The normalized spacial score (nSPS) is 15.3. The molecule has 0 fully saturated rings. The minimum absolute atomic E-state index is 0.0393. The first-order valence-electron chi connectivity index (χ1n) is 20.3. The maximum Gasteiger partial charge on any atom is 0.472 e. The summed E-state index contributed by atoms with van der Waals surface area (Å²) < 4.78 is 22.0. The Hall–Kier alpha value is -1.58. The topological polar surface area (TPSA) is 151 Å². The van der Waals surface area contributed by atoms with Gasteiger partial charge in [-0.25, -0.2) is 4.57 Å². The maximum absolute atomic E-state index is 12.7. The predicted molar refractivity (Wildman–Crippen MR) is 213 cm³/mol. The fourth-order valence-corrected chi connectivity index (χ4v) is 6.31. The summed E-state index contributed by atoms with van der Waals surface area (Å²) in [5, 5.41) is 23.9. The lowest BCUT2D eigenvalue weighted by molar-refractivity contribution is -0.124. The number of phosphoric ester groups is 1. The van der Waals surface area contributed by atoms with E-state index in [0.717, 1.165) is 57.8 Å². The molecule has 0 aromatic rings. The van der Waals surface area contributed by atoms with Crippen molar-refractivity contribution in [1.29, 1.82) is 0 Å². The summed E-state index contributed by atoms with van der Waals surface area (Å²) in [6.07, 6.45) is 40.6. The van der Waals surface area contributed by atoms with E-state index in [1.165, 1.54) is 77.0 Å². The molecule has 0 saturated heterocycles. The molecule has 0 heterocycles. The van der Waals surface area contributed by atoms with Crippen LogP contribution in [0.4, 0.5) is 0 Å². The first-order chi connectivity index (χ1) is 24.8. The van der Waals surface area contributed by atoms with E-state index in [1.54, 1.807) is 6.08 Å². The van der Waals surface area contributed by atoms with Crippen LogP contribution in [-0.4, -0.2) is 59.0 Å². The lowest BCUT2D eigenvalue weighted by atomic mass is 10.1. The van der Waals surface area contributed by atoms with Crippen molar-refractivity contribution in [2.75, 3.05) is 19.8 Å². The summed E-state index contributed by atoms with van der Waals surface area (Å²) in [7, 11) is -4.41. The highest BCUT2D eigenvalue weighted by atomic mass is 31.2. The number of aliphatic hydroxyl groups excluding tert-OH is 2. The molecule has 51 heavy (non-hydrogen) atoms. The monoisotopic (exact) mass is 741 g/mol. The predicted octanol–water partition coefficient (Wildman–Crippen LogP) is 9.91. The molecule has 298 valence electrons. The first-order valence-corrected chi connectivity index (χ1v) is 21.8. The summed E-state index contributed by atoms with van der Waals surface area (Å²) >= 11 is 0. The van der Waals surface area contributed by atoms with Crippen LogP contribution in [0.3, 0.4) is 0 Å². The summed E-state index contributed by atoms with van der Waals surface area (Å²) in [5.41, 5.74) is 5.34. The summed E-state index contributed by atoms with van der Waals surface area (Å²) in [6, 6.07) is -1.01. The number of hydrogen-bond donors (Lipinski definition) is 5. The molecule has 0 aromatic carbocycles. The van der Waals surface area contributed by atoms with Gasteiger partial charge >= 0.3 is 7.82 Å². The molecule has 0 aliphatic carbocycles. The number of nitrogens with one attached hydrogen (secondary N) is 1. The van der Waals surface area contributed by atoms with Crippen LogP contribution < -0.4 is 11.1 Å². The van der Waals surface area contributed by atoms with Crippen LogP contribution in [0.25, 0.3) is 0 Å². The second-order valence-corrected chi connectivity index (χ2v) is 15.1. The Morgan fingerprint density at radius 2 is 1.12 bits per heavy atom. The van der Waals surface area contributed by atoms with Crippen LogP contribution in [0.5, 0.6) is 0 Å². The number of aliphatic hydroxyl groups is 2. The zero-order valence-electron chi connectivity index (χ0n) is 32.4. The molecule has 0 aliphatic heterocycles. The van der Waals surface area contributed by atoms with E-state index in [9.17, 15) is 24.5 Å². The minimum Gasteiger partial charge on any atom is -0.393 e. The van der Waals surface area contributed by atoms with E-state index in [4.69, 9.17) is 14.8 Å². The molecule has 4 atom stereocenters. The zero-order chi connectivity index (χ0) is 37.7. The van der Waals surface area contributed by atoms with Crippen molar-refractivity contribution in [2.24, 2.45) is 5.73 Å². The highest BCUT2D eigenvalue weighted by Gasteiger charge is 2.27. The van der Waals surface area contributed by atoms with Crippen molar-refractivity contribution in [3.8, 4) is 0 Å². The third-order valence-corrected chi connectivity index (χ3v) is 9.64. The molecule has 0 rings (SSSR count). The molecule has 10 heteroatoms. The van der Waals surface area contributed by atoms with Crippen molar-refractivity contribution in [1.82, 2.24) is 5.32 Å². The number of amides is 1. The number of phosphoric acid groups is 1. The minimum atomic E-state index is -4.41. The molecule has 0 aromatic heterocycles. The molecule has 0 spiro atoms. The molecule has 0 saturated carbocycles. The van der Waals surface area contributed by atoms with Gasteiger partial charge in [-0.3, -0.25) is 13.8 Å². The maximum atomic E-state index is 12.7. The molecule has 0 radical (unpaired) electrons. The Kier molecular flexibility index (Phi) is 35.6. The Bertz CT molecular complexity index is 956. The van der Waals surface area contributed by atoms with E-state index < -0.39 is 38.6 Å². The van der Waals surface area contributed by atoms with E-state index in [-0.39, 0.29) is 19.6 Å². The third-order valence-electron chi connectivity index (χ3n) is 8.66. The molecule has 0 aliphatic rings. The number of hydrogen-bond acceptors (Lipinski definition) is 7. The molecule has 6 N–H and O–H groups in total. The zero-order valence-corrected chi connectivity index (χ0v) is 33.3. The second kappa shape index (κ2) is 36.8. The van der Waals surface area contributed by atoms with Gasteiger partial charge in [-0.2, -0.15) is 0 Å². The highest BCUT2D eigenvalue weighted by molar-refractivity contribution is 7.47. The van der Waals surface area contributed by atoms with Gasteiger partial charge in [-0.15, -0.1) is 0 Å². The summed E-state index contributed by atoms with van der Waals surface area (Å²) in [6.45, 7) is 3.88. The van der Waals surface area contributed by atoms with Gasteiger partial charge in [0.1, 0.15) is 0 Å². The first kappa shape index (κ1) is 49.4. The Balaban J connectivity index is 4.47. The molecule has 0 bridgehead atoms. The quantitative estimate of drug-likeness (QED) is 0.0240. The Morgan fingerprint density at radius 3 is 1.67 bits per heavy atom. The van der Waals surface area contributed by atoms with Gasteiger partial charge in [0.05, 0.1) is 37.9 Å². The third kappa shape index (κ3) is 35.2. The van der Waals surface area contributed by atoms with Gasteiger partial charge in [-0.1, -0.05) is 140 Å². The standard InChI is InChI=1S/C41H77N2O7P/c1-3-5-7-9-11-13-15-16-17-18-19-20-21-22-23-25-27-29-31-33-40(45)39(37-50-51(47,48)49-35-34-42)43-41(46)36-38(44)32-30-28-26-24-14-12-10-8-6-4-2/h12,14,19-20,23,25,31,33,38-40,44-45H,3-11,13,15-18,21-22,24,26-30,32,34-37,42H2,1-2H3,(H,43,46)(H,47,48)/b14-12-,20-19+,25-23+,33-31+. The number of carbonyl (C=O) groups excluding carboxylic acids is 1. The Morgan fingerprint density at radius 1 is 0.667 bits per heavy atom. The number of rotatable bonds is 37. The molecule has 1 amide bonds. The number of unbranched alkanes of at least 4 members (excludes halogenated alkanes) is 17. The van der Waals surface area contributed by atoms with Crippen LogP contribution in [0.2, 0.25) is 0 Å². The second-order valence-electron chi connectivity index (χ2n) is 13.7. The van der Waals surface area contributed by atoms with Crippen molar-refractivity contribution in [2.45, 2.75) is 186 Å². The van der Waals surface area contributed by atoms with Crippen molar-refractivity contribution in [3.63, 3.8) is 0 Å². The molecule has 4 unspecified atom stereocenters. The van der Waals surface area contributed by atoms with Crippen LogP contribution in [-0.2, 0) is 18.4 Å². The van der Waals surface area contributed by atoms with Gasteiger partial charge in [0, 0.05) is 6.54 Å². The fourth-order valence-electron chi connectivity index (χ4n) is 5.55. The van der Waals surface area contributed by atoms with Crippen LogP contribution in [0, 0.1) is 0 Å². The van der Waals surface area contributed by atoms with Crippen molar-refractivity contribution in [3.05, 3.63) is 48.6 Å². The average Bonchev–Trinajstić information content (AvgIpc) is 3.10. The SMILES string of the molecule is CCCCC/C=C\CCCCCC(O)CC(=O)NC(COP(=O)(O)OCCN)C(O)/C=C/CC/C=C/CC/C=C/CCCCCCCCCCC. The van der Waals surface area contributed by atoms with Gasteiger partial charge in [0.25, 0.3) is 0 Å². The largest absolute Gasteiger partial charge is 0.472 e. The van der Waals surface area contributed by atoms with Gasteiger partial charge in [0.2, 0.25) is 5.91 Å². The number of nitrogens with two attached hydrogens (primary N) is 1. The van der Waals surface area contributed by atoms with Crippen molar-refractivity contribution >= 4 is 13.7 Å². The van der Waals surface area contributed by atoms with Crippen LogP contribution in [0.15, 0.2) is 48.6 Å². The molecular formula is C41H77N2O7P. The average molecular weight is 741 g/mol. The van der Waals surface area contributed by atoms with Gasteiger partial charge < -0.3 is 26.2 Å². The molecule has 9 nitrogen and oxygen atoms in total. The van der Waals surface area contributed by atoms with E-state index in [1.807, 2.05) is 6.08 Å². The van der Waals surface area contributed by atoms with E-state index >= 15 is 0 Å². The number of carbonyl (C=O) groups is 1. The smallest absolute Gasteiger partial charge is 0.393 e. The molecular weight excluding hydrogens is 663 g/mol. The van der Waals surface area contributed by atoms with Crippen LogP contribution in [0.1, 0.15) is 168 Å². The van der Waals surface area contributed by atoms with E-state index in [0.29, 0.717) is 12.8 Å². The van der Waals surface area contributed by atoms with E-state index in [2.05, 4.69) is 55.6 Å². The van der Waals surface area contributed by atoms with Crippen LogP contribution >= 0.6 is 7.82 Å². The Labute approximate surface area is 312 Å². The van der Waals surface area contributed by atoms with Gasteiger partial charge in [-0.05, 0) is 70.6 Å². The van der Waals surface area contributed by atoms with Crippen molar-refractivity contribution < 1.29 is 33.5 Å². The lowest BCUT2D eigenvalue weighted by Crippen LogP contribution is -2.46. The lowest BCUT2D eigenvalue weighted by Gasteiger charge is -2.24. The number of allylic oxidation sites excluding steroid dienone is 7. The highest BCUT2D eigenvalue weighted by Crippen LogP contribution is 2.43. The summed E-state index contributed by atoms with van der Waals surface area (Å²) in [5.74, 6) is -0.473.